The maximum absolute atomic E-state index is 14.2. The number of nitrogen functional groups attached to an aromatic ring is 1. The van der Waals surface area contributed by atoms with E-state index in [1.165, 1.54) is 0 Å². The first kappa shape index (κ1) is 27.5. The lowest BCUT2D eigenvalue weighted by molar-refractivity contribution is -0.138. The van der Waals surface area contributed by atoms with Crippen molar-refractivity contribution in [1.29, 1.82) is 0 Å². The van der Waals surface area contributed by atoms with Crippen LogP contribution in [0.4, 0.5) is 5.69 Å². The Morgan fingerprint density at radius 2 is 1.81 bits per heavy atom. The van der Waals surface area contributed by atoms with Gasteiger partial charge in [0.15, 0.2) is 5.78 Å². The normalized spacial score (nSPS) is 18.6. The third-order valence-electron chi connectivity index (χ3n) is 6.58. The predicted octanol–water partition coefficient (Wildman–Crippen LogP) is 6.28. The number of hydrogen-bond acceptors (Lipinski definition) is 5. The van der Waals surface area contributed by atoms with Crippen LogP contribution in [0.2, 0.25) is 10.0 Å². The van der Waals surface area contributed by atoms with Crippen molar-refractivity contribution in [3.63, 3.8) is 0 Å². The molecule has 2 aliphatic rings. The summed E-state index contributed by atoms with van der Waals surface area (Å²) in [4.78, 5) is 42.3. The SMILES string of the molecule is CC(c1ccc(Cl)cc1N)N1C2=C(C=C(I)CC2=O)N(CCCCC(=O)O)C(=O)C1c1ccc(Cl)cc1. The molecule has 0 aromatic heterocycles. The number of amides is 1. The van der Waals surface area contributed by atoms with E-state index < -0.39 is 18.1 Å². The molecule has 0 spiro atoms. The number of aliphatic carboxylic acids is 1. The Bertz CT molecular complexity index is 1310. The quantitative estimate of drug-likeness (QED) is 0.197. The average molecular weight is 654 g/mol. The lowest BCUT2D eigenvalue weighted by atomic mass is 9.90. The minimum absolute atomic E-state index is 0.0137. The van der Waals surface area contributed by atoms with Crippen molar-refractivity contribution < 1.29 is 19.5 Å². The van der Waals surface area contributed by atoms with Crippen molar-refractivity contribution in [2.75, 3.05) is 12.3 Å². The summed E-state index contributed by atoms with van der Waals surface area (Å²) in [6.07, 6.45) is 3.02. The molecule has 2 aromatic rings. The first-order chi connectivity index (χ1) is 17.6. The van der Waals surface area contributed by atoms with Crippen LogP contribution in [0.1, 0.15) is 55.8 Å². The first-order valence-electron chi connectivity index (χ1n) is 11.8. The lowest BCUT2D eigenvalue weighted by Gasteiger charge is -2.47. The Balaban J connectivity index is 1.87. The Labute approximate surface area is 239 Å². The maximum Gasteiger partial charge on any atom is 0.303 e. The molecule has 3 N–H and O–H groups in total. The number of carbonyl (C=O) groups is 3. The smallest absolute Gasteiger partial charge is 0.303 e. The number of carboxylic acids is 1. The minimum atomic E-state index is -0.883. The molecule has 194 valence electrons. The second kappa shape index (κ2) is 11.4. The van der Waals surface area contributed by atoms with Crippen LogP contribution in [0, 0.1) is 0 Å². The molecule has 1 aliphatic heterocycles. The Morgan fingerprint density at radius 3 is 2.46 bits per heavy atom. The molecule has 1 aliphatic carbocycles. The summed E-state index contributed by atoms with van der Waals surface area (Å²) in [7, 11) is 0. The molecule has 0 fully saturated rings. The predicted molar refractivity (Wildman–Crippen MR) is 152 cm³/mol. The number of carbonyl (C=O) groups excluding carboxylic acids is 2. The van der Waals surface area contributed by atoms with Gasteiger partial charge in [-0.1, -0.05) is 41.4 Å². The van der Waals surface area contributed by atoms with Crippen LogP contribution in [0.25, 0.3) is 0 Å². The van der Waals surface area contributed by atoms with Gasteiger partial charge < -0.3 is 20.6 Å². The fourth-order valence-corrected chi connectivity index (χ4v) is 5.81. The molecule has 1 amide bonds. The highest BCUT2D eigenvalue weighted by molar-refractivity contribution is 14.1. The van der Waals surface area contributed by atoms with E-state index in [0.29, 0.717) is 52.1 Å². The van der Waals surface area contributed by atoms with Crippen molar-refractivity contribution >= 4 is 69.1 Å². The van der Waals surface area contributed by atoms with Crippen LogP contribution < -0.4 is 5.73 Å². The van der Waals surface area contributed by atoms with Gasteiger partial charge in [0.05, 0.1) is 11.7 Å². The van der Waals surface area contributed by atoms with Crippen molar-refractivity contribution in [3.8, 4) is 0 Å². The highest BCUT2D eigenvalue weighted by Gasteiger charge is 2.45. The third-order valence-corrected chi connectivity index (χ3v) is 7.76. The largest absolute Gasteiger partial charge is 0.481 e. The standard InChI is InChI=1S/C27H26Cl2IN3O4/c1-15(20-10-9-18(29)12-21(20)31)33-25(16-5-7-17(28)8-6-16)27(37)32(11-3-2-4-24(35)36)22-13-19(30)14-23(34)26(22)33/h5-10,12-13,15,25H,2-4,11,14,31H2,1H3,(H,35,36). The van der Waals surface area contributed by atoms with E-state index in [0.717, 1.165) is 9.14 Å². The number of unbranched alkanes of at least 4 members (excludes halogenated alkanes) is 1. The Kier molecular flexibility index (Phi) is 8.50. The fraction of sp³-hybridized carbons (Fsp3) is 0.296. The minimum Gasteiger partial charge on any atom is -0.481 e. The van der Waals surface area contributed by atoms with Gasteiger partial charge in [-0.25, -0.2) is 0 Å². The summed E-state index contributed by atoms with van der Waals surface area (Å²) < 4.78 is 0.827. The van der Waals surface area contributed by atoms with E-state index >= 15 is 0 Å². The van der Waals surface area contributed by atoms with Gasteiger partial charge in [-0.3, -0.25) is 14.4 Å². The van der Waals surface area contributed by atoms with Crippen LogP contribution in [0.3, 0.4) is 0 Å². The number of hydrogen-bond donors (Lipinski definition) is 2. The van der Waals surface area contributed by atoms with E-state index in [-0.39, 0.29) is 24.5 Å². The number of Topliss-reactive ketones (excluding diaryl/α,β-unsaturated/α-hetero) is 1. The molecular weight excluding hydrogens is 628 g/mol. The maximum atomic E-state index is 14.2. The summed E-state index contributed by atoms with van der Waals surface area (Å²) in [6, 6.07) is 11.0. The number of halogens is 3. The number of anilines is 1. The molecule has 2 unspecified atom stereocenters. The molecule has 0 radical (unpaired) electrons. The number of rotatable bonds is 8. The summed E-state index contributed by atoms with van der Waals surface area (Å²) in [6.45, 7) is 2.22. The molecule has 1 heterocycles. The zero-order chi connectivity index (χ0) is 26.9. The fourth-order valence-electron chi connectivity index (χ4n) is 4.86. The third kappa shape index (κ3) is 5.81. The van der Waals surface area contributed by atoms with Gasteiger partial charge in [0.1, 0.15) is 11.7 Å². The summed E-state index contributed by atoms with van der Waals surface area (Å²) in [5, 5.41) is 10.1. The summed E-state index contributed by atoms with van der Waals surface area (Å²) >= 11 is 14.4. The number of nitrogens with zero attached hydrogens (tertiary/aromatic N) is 2. The second-order valence-electron chi connectivity index (χ2n) is 9.08. The molecule has 4 rings (SSSR count). The van der Waals surface area contributed by atoms with Gasteiger partial charge >= 0.3 is 5.97 Å². The van der Waals surface area contributed by atoms with E-state index in [1.807, 2.05) is 24.0 Å². The highest BCUT2D eigenvalue weighted by atomic mass is 127. The van der Waals surface area contributed by atoms with E-state index in [1.54, 1.807) is 41.3 Å². The first-order valence-corrected chi connectivity index (χ1v) is 13.7. The van der Waals surface area contributed by atoms with Gasteiger partial charge in [-0.15, -0.1) is 0 Å². The zero-order valence-corrected chi connectivity index (χ0v) is 23.8. The molecule has 0 bridgehead atoms. The van der Waals surface area contributed by atoms with Gasteiger partial charge in [-0.2, -0.15) is 0 Å². The van der Waals surface area contributed by atoms with Crippen LogP contribution >= 0.6 is 45.8 Å². The lowest BCUT2D eigenvalue weighted by Crippen LogP contribution is -2.51. The van der Waals surface area contributed by atoms with Crippen LogP contribution in [-0.2, 0) is 14.4 Å². The molecule has 2 atom stereocenters. The molecule has 0 saturated heterocycles. The van der Waals surface area contributed by atoms with Crippen molar-refractivity contribution in [2.24, 2.45) is 0 Å². The number of ketones is 1. The average Bonchev–Trinajstić information content (AvgIpc) is 2.82. The highest BCUT2D eigenvalue weighted by Crippen LogP contribution is 2.45. The topological polar surface area (TPSA) is 104 Å². The van der Waals surface area contributed by atoms with E-state index in [2.05, 4.69) is 22.6 Å². The number of carboxylic acid groups (broad SMARTS) is 1. The van der Waals surface area contributed by atoms with Gasteiger partial charge in [0.25, 0.3) is 5.91 Å². The van der Waals surface area contributed by atoms with Gasteiger partial charge in [-0.05, 0) is 83.8 Å². The Hall–Kier alpha value is -2.56. The number of allylic oxidation sites excluding steroid dienone is 3. The molecule has 10 heteroatoms. The summed E-state index contributed by atoms with van der Waals surface area (Å²) in [5.74, 6) is -1.18. The van der Waals surface area contributed by atoms with Crippen LogP contribution in [-0.4, -0.2) is 39.1 Å². The summed E-state index contributed by atoms with van der Waals surface area (Å²) in [5.41, 5.74) is 9.22. The van der Waals surface area contributed by atoms with E-state index in [9.17, 15) is 14.4 Å². The van der Waals surface area contributed by atoms with Crippen LogP contribution in [0.15, 0.2) is 63.5 Å². The number of benzene rings is 2. The van der Waals surface area contributed by atoms with Gasteiger partial charge in [0.2, 0.25) is 0 Å². The zero-order valence-electron chi connectivity index (χ0n) is 20.1. The van der Waals surface area contributed by atoms with Gasteiger partial charge in [0, 0.05) is 38.7 Å². The monoisotopic (exact) mass is 653 g/mol. The Morgan fingerprint density at radius 1 is 1.14 bits per heavy atom. The molecular formula is C27H26Cl2IN3O4. The molecule has 37 heavy (non-hydrogen) atoms. The second-order valence-corrected chi connectivity index (χ2v) is 11.3. The van der Waals surface area contributed by atoms with Crippen molar-refractivity contribution in [1.82, 2.24) is 9.80 Å². The van der Waals surface area contributed by atoms with E-state index in [4.69, 9.17) is 34.0 Å². The molecule has 0 saturated carbocycles. The number of nitrogens with two attached hydrogens (primary N) is 1. The molecule has 7 nitrogen and oxygen atoms in total. The molecule has 2 aromatic carbocycles. The van der Waals surface area contributed by atoms with Crippen LogP contribution in [0.5, 0.6) is 0 Å². The van der Waals surface area contributed by atoms with Crippen molar-refractivity contribution in [2.45, 2.75) is 44.7 Å². The van der Waals surface area contributed by atoms with Crippen molar-refractivity contribution in [3.05, 3.63) is 84.7 Å².